The third kappa shape index (κ3) is 10.1. The van der Waals surface area contributed by atoms with Crippen LogP contribution in [0.4, 0.5) is 0 Å². The fraction of sp³-hybridized carbons (Fsp3) is 0.188. The molecule has 0 fully saturated rings. The molecule has 0 unspecified atom stereocenters. The molecule has 0 radical (unpaired) electrons. The minimum atomic E-state index is -0.510. The van der Waals surface area contributed by atoms with Gasteiger partial charge in [-0.3, -0.25) is 19.2 Å². The Kier molecular flexibility index (Phi) is 12.7. The molecule has 10 heteroatoms. The summed E-state index contributed by atoms with van der Waals surface area (Å²) in [6.07, 6.45) is 4.68. The van der Waals surface area contributed by atoms with Gasteiger partial charge in [0, 0.05) is 33.2 Å². The third-order valence-corrected chi connectivity index (χ3v) is 6.77. The minimum absolute atomic E-state index is 0.0915. The lowest BCUT2D eigenvalue weighted by atomic mass is 10.1. The van der Waals surface area contributed by atoms with E-state index in [0.717, 1.165) is 32.9 Å². The molecule has 0 aliphatic rings. The average molecular weight is 696 g/mol. The van der Waals surface area contributed by atoms with Crippen LogP contribution in [0.1, 0.15) is 58.5 Å². The van der Waals surface area contributed by atoms with Crippen molar-refractivity contribution in [3.05, 3.63) is 115 Å². The van der Waals surface area contributed by atoms with Crippen LogP contribution in [0.3, 0.4) is 0 Å². The van der Waals surface area contributed by atoms with Gasteiger partial charge in [-0.2, -0.15) is 0 Å². The van der Waals surface area contributed by atoms with Gasteiger partial charge in [-0.25, -0.2) is 0 Å². The lowest BCUT2D eigenvalue weighted by Crippen LogP contribution is -2.35. The SMILES string of the molecule is CCCNC(=O)/C(=C\c1cccc(Br)c1)NC(=O)c1ccc(C(=O)N/C(=C/c2cccc(Br)c2)C(=O)NCCC)cc1. The van der Waals surface area contributed by atoms with E-state index < -0.39 is 23.6 Å². The maximum atomic E-state index is 13.1. The molecular weight excluding hydrogens is 664 g/mol. The normalized spacial score (nSPS) is 11.4. The van der Waals surface area contributed by atoms with Crippen LogP contribution in [0.2, 0.25) is 0 Å². The second kappa shape index (κ2) is 16.4. The van der Waals surface area contributed by atoms with Crippen molar-refractivity contribution in [2.45, 2.75) is 26.7 Å². The predicted molar refractivity (Wildman–Crippen MR) is 172 cm³/mol. The number of hydrogen-bond acceptors (Lipinski definition) is 4. The number of nitrogens with one attached hydrogen (secondary N) is 4. The van der Waals surface area contributed by atoms with Gasteiger partial charge in [0.25, 0.3) is 23.6 Å². The average Bonchev–Trinajstić information content (AvgIpc) is 2.98. The van der Waals surface area contributed by atoms with Crippen LogP contribution in [0, 0.1) is 0 Å². The Hall–Kier alpha value is -4.02. The van der Waals surface area contributed by atoms with Gasteiger partial charge in [0.15, 0.2) is 0 Å². The van der Waals surface area contributed by atoms with Crippen LogP contribution in [0.25, 0.3) is 12.2 Å². The zero-order valence-electron chi connectivity index (χ0n) is 23.3. The zero-order valence-corrected chi connectivity index (χ0v) is 26.5. The van der Waals surface area contributed by atoms with E-state index in [4.69, 9.17) is 0 Å². The van der Waals surface area contributed by atoms with Gasteiger partial charge in [-0.05, 0) is 84.7 Å². The highest BCUT2D eigenvalue weighted by molar-refractivity contribution is 9.10. The van der Waals surface area contributed by atoms with E-state index in [1.165, 1.54) is 24.3 Å². The number of carbonyl (C=O) groups is 4. The molecule has 0 atom stereocenters. The van der Waals surface area contributed by atoms with Crippen molar-refractivity contribution in [3.63, 3.8) is 0 Å². The molecule has 3 aromatic carbocycles. The number of carbonyl (C=O) groups excluding carboxylic acids is 4. The Balaban J connectivity index is 1.78. The molecule has 218 valence electrons. The second-order valence-corrected chi connectivity index (χ2v) is 11.1. The molecule has 0 aliphatic heterocycles. The highest BCUT2D eigenvalue weighted by Gasteiger charge is 2.17. The highest BCUT2D eigenvalue weighted by Crippen LogP contribution is 2.16. The zero-order chi connectivity index (χ0) is 30.5. The van der Waals surface area contributed by atoms with E-state index in [-0.39, 0.29) is 22.5 Å². The fourth-order valence-corrected chi connectivity index (χ4v) is 4.51. The summed E-state index contributed by atoms with van der Waals surface area (Å²) in [6, 6.07) is 20.6. The van der Waals surface area contributed by atoms with Crippen LogP contribution in [0.5, 0.6) is 0 Å². The number of halogens is 2. The van der Waals surface area contributed by atoms with Crippen molar-refractivity contribution in [1.29, 1.82) is 0 Å². The van der Waals surface area contributed by atoms with Crippen molar-refractivity contribution >= 4 is 67.6 Å². The summed E-state index contributed by atoms with van der Waals surface area (Å²) < 4.78 is 1.67. The number of hydrogen-bond donors (Lipinski definition) is 4. The first kappa shape index (κ1) is 32.5. The van der Waals surface area contributed by atoms with Gasteiger partial charge in [0.05, 0.1) is 0 Å². The summed E-state index contributed by atoms with van der Waals surface area (Å²) in [5, 5.41) is 10.9. The molecule has 3 aromatic rings. The number of amides is 4. The quantitative estimate of drug-likeness (QED) is 0.179. The molecule has 8 nitrogen and oxygen atoms in total. The Morgan fingerprint density at radius 2 is 1.00 bits per heavy atom. The first-order valence-electron chi connectivity index (χ1n) is 13.4. The highest BCUT2D eigenvalue weighted by atomic mass is 79.9. The topological polar surface area (TPSA) is 116 Å². The van der Waals surface area contributed by atoms with E-state index in [0.29, 0.717) is 13.1 Å². The van der Waals surface area contributed by atoms with Crippen LogP contribution < -0.4 is 21.3 Å². The van der Waals surface area contributed by atoms with Crippen molar-refractivity contribution in [1.82, 2.24) is 21.3 Å². The number of rotatable bonds is 12. The van der Waals surface area contributed by atoms with Crippen LogP contribution >= 0.6 is 31.9 Å². The maximum absolute atomic E-state index is 13.1. The molecule has 0 heterocycles. The van der Waals surface area contributed by atoms with Crippen molar-refractivity contribution in [3.8, 4) is 0 Å². The fourth-order valence-electron chi connectivity index (χ4n) is 3.67. The molecule has 0 bridgehead atoms. The molecule has 42 heavy (non-hydrogen) atoms. The molecule has 0 saturated heterocycles. The van der Waals surface area contributed by atoms with E-state index >= 15 is 0 Å². The van der Waals surface area contributed by atoms with Crippen LogP contribution in [-0.2, 0) is 9.59 Å². The Bertz CT molecular complexity index is 1390. The minimum Gasteiger partial charge on any atom is -0.351 e. The first-order valence-corrected chi connectivity index (χ1v) is 15.0. The summed E-state index contributed by atoms with van der Waals surface area (Å²) in [4.78, 5) is 51.7. The molecule has 0 aromatic heterocycles. The summed E-state index contributed by atoms with van der Waals surface area (Å²) in [5.74, 6) is -1.84. The Morgan fingerprint density at radius 3 is 1.33 bits per heavy atom. The van der Waals surface area contributed by atoms with E-state index in [2.05, 4.69) is 53.1 Å². The monoisotopic (exact) mass is 694 g/mol. The summed E-state index contributed by atoms with van der Waals surface area (Å²) in [5.41, 5.74) is 2.14. The Labute approximate surface area is 262 Å². The van der Waals surface area contributed by atoms with Gasteiger partial charge < -0.3 is 21.3 Å². The molecule has 4 N–H and O–H groups in total. The van der Waals surface area contributed by atoms with Gasteiger partial charge in [0.2, 0.25) is 0 Å². The Morgan fingerprint density at radius 1 is 0.619 bits per heavy atom. The van der Waals surface area contributed by atoms with Crippen LogP contribution in [-0.4, -0.2) is 36.7 Å². The molecule has 0 saturated carbocycles. The lowest BCUT2D eigenvalue weighted by molar-refractivity contribution is -0.118. The number of benzene rings is 3. The molecular formula is C32H32Br2N4O4. The van der Waals surface area contributed by atoms with Crippen molar-refractivity contribution in [2.24, 2.45) is 0 Å². The standard InChI is InChI=1S/C32H32Br2N4O4/c1-3-15-35-31(41)27(19-21-7-5-9-25(33)17-21)37-29(39)23-11-13-24(14-12-23)30(40)38-28(32(42)36-16-4-2)20-22-8-6-10-26(34)18-22/h5-14,17-20H,3-4,15-16H2,1-2H3,(H,35,41)(H,36,42)(H,37,39)(H,38,40)/b27-19+,28-20+. The van der Waals surface area contributed by atoms with Crippen molar-refractivity contribution in [2.75, 3.05) is 13.1 Å². The maximum Gasteiger partial charge on any atom is 0.267 e. The first-order chi connectivity index (χ1) is 20.2. The lowest BCUT2D eigenvalue weighted by Gasteiger charge is -2.12. The van der Waals surface area contributed by atoms with Gasteiger partial charge in [-0.15, -0.1) is 0 Å². The van der Waals surface area contributed by atoms with Gasteiger partial charge in [-0.1, -0.05) is 70.0 Å². The van der Waals surface area contributed by atoms with E-state index in [1.54, 1.807) is 12.2 Å². The second-order valence-electron chi connectivity index (χ2n) is 9.22. The smallest absolute Gasteiger partial charge is 0.267 e. The van der Waals surface area contributed by atoms with Gasteiger partial charge in [0.1, 0.15) is 11.4 Å². The largest absolute Gasteiger partial charge is 0.351 e. The van der Waals surface area contributed by atoms with Gasteiger partial charge >= 0.3 is 0 Å². The summed E-state index contributed by atoms with van der Waals surface area (Å²) in [6.45, 7) is 4.79. The van der Waals surface area contributed by atoms with Crippen LogP contribution in [0.15, 0.2) is 93.1 Å². The third-order valence-electron chi connectivity index (χ3n) is 5.79. The predicted octanol–water partition coefficient (Wildman–Crippen LogP) is 5.81. The molecule has 3 rings (SSSR count). The molecule has 0 spiro atoms. The van der Waals surface area contributed by atoms with E-state index in [9.17, 15) is 19.2 Å². The van der Waals surface area contributed by atoms with Crippen molar-refractivity contribution < 1.29 is 19.2 Å². The molecule has 0 aliphatic carbocycles. The molecule has 4 amide bonds. The van der Waals surface area contributed by atoms with E-state index in [1.807, 2.05) is 62.4 Å². The summed E-state index contributed by atoms with van der Waals surface area (Å²) in [7, 11) is 0. The summed E-state index contributed by atoms with van der Waals surface area (Å²) >= 11 is 6.82.